The first-order valence-electron chi connectivity index (χ1n) is 5.22. The Morgan fingerprint density at radius 3 is 2.76 bits per heavy atom. The molecule has 1 aromatic heterocycles. The fraction of sp³-hybridized carbons (Fsp3) is 0. The largest absolute Gasteiger partial charge is 0.399 e. The highest BCUT2D eigenvalue weighted by Crippen LogP contribution is 2.20. The number of benzene rings is 2. The van der Waals surface area contributed by atoms with Crippen molar-refractivity contribution in [3.63, 3.8) is 0 Å². The van der Waals surface area contributed by atoms with Gasteiger partial charge in [-0.15, -0.1) is 0 Å². The molecule has 3 rings (SSSR count). The Labute approximate surface area is 97.3 Å². The van der Waals surface area contributed by atoms with Crippen molar-refractivity contribution in [2.45, 2.75) is 0 Å². The number of para-hydroxylation sites is 2. The molecular weight excluding hydrogens is 217 g/mol. The van der Waals surface area contributed by atoms with Crippen molar-refractivity contribution in [1.29, 1.82) is 0 Å². The van der Waals surface area contributed by atoms with E-state index in [0.29, 0.717) is 11.4 Å². The minimum atomic E-state index is -0.349. The Kier molecular flexibility index (Phi) is 2.08. The van der Waals surface area contributed by atoms with Crippen molar-refractivity contribution in [2.24, 2.45) is 0 Å². The van der Waals surface area contributed by atoms with Gasteiger partial charge < -0.3 is 5.73 Å². The van der Waals surface area contributed by atoms with E-state index in [0.717, 1.165) is 11.0 Å². The first-order chi connectivity index (χ1) is 8.24. The third kappa shape index (κ3) is 1.63. The average molecular weight is 227 g/mol. The van der Waals surface area contributed by atoms with Crippen LogP contribution in [0.25, 0.3) is 16.7 Å². The summed E-state index contributed by atoms with van der Waals surface area (Å²) in [5, 5.41) is 0. The predicted octanol–water partition coefficient (Wildman–Crippen LogP) is 2.75. The summed E-state index contributed by atoms with van der Waals surface area (Å²) in [6, 6.07) is 12.1. The number of fused-ring (bicyclic) bond motifs is 1. The molecule has 0 saturated carbocycles. The summed E-state index contributed by atoms with van der Waals surface area (Å²) in [6.07, 6.45) is 1.67. The molecule has 2 aromatic carbocycles. The summed E-state index contributed by atoms with van der Waals surface area (Å²) >= 11 is 0. The van der Waals surface area contributed by atoms with Gasteiger partial charge in [-0.1, -0.05) is 12.1 Å². The number of halogens is 1. The van der Waals surface area contributed by atoms with E-state index in [4.69, 9.17) is 5.73 Å². The lowest BCUT2D eigenvalue weighted by molar-refractivity contribution is 0.627. The molecule has 0 aliphatic rings. The molecule has 3 aromatic rings. The third-order valence-corrected chi connectivity index (χ3v) is 2.64. The Balaban J connectivity index is 2.27. The molecule has 1 heterocycles. The number of nitrogen functional groups attached to an aromatic ring is 1. The van der Waals surface area contributed by atoms with Crippen LogP contribution in [0.4, 0.5) is 10.1 Å². The molecule has 0 amide bonds. The number of hydrogen-bond acceptors (Lipinski definition) is 2. The molecule has 0 aliphatic heterocycles. The quantitative estimate of drug-likeness (QED) is 0.649. The first kappa shape index (κ1) is 9.84. The molecule has 84 valence electrons. The number of aromatic nitrogens is 2. The average Bonchev–Trinajstić information content (AvgIpc) is 2.71. The number of imidazole rings is 1. The topological polar surface area (TPSA) is 43.8 Å². The van der Waals surface area contributed by atoms with E-state index in [1.165, 1.54) is 12.1 Å². The van der Waals surface area contributed by atoms with Gasteiger partial charge in [-0.25, -0.2) is 9.37 Å². The van der Waals surface area contributed by atoms with Crippen molar-refractivity contribution in [2.75, 3.05) is 5.73 Å². The van der Waals surface area contributed by atoms with Crippen molar-refractivity contribution in [3.05, 3.63) is 54.6 Å². The van der Waals surface area contributed by atoms with Gasteiger partial charge in [0.2, 0.25) is 0 Å². The number of anilines is 1. The van der Waals surface area contributed by atoms with Crippen LogP contribution >= 0.6 is 0 Å². The lowest BCUT2D eigenvalue weighted by atomic mass is 10.2. The zero-order valence-corrected chi connectivity index (χ0v) is 8.97. The number of hydrogen-bond donors (Lipinski definition) is 1. The van der Waals surface area contributed by atoms with Gasteiger partial charge in [-0.3, -0.25) is 4.57 Å². The Hall–Kier alpha value is -2.36. The number of nitrogens with two attached hydrogens (primary N) is 1. The van der Waals surface area contributed by atoms with E-state index in [1.54, 1.807) is 12.4 Å². The van der Waals surface area contributed by atoms with Crippen LogP contribution in [0, 0.1) is 5.82 Å². The molecule has 4 heteroatoms. The van der Waals surface area contributed by atoms with Crippen LogP contribution in [-0.2, 0) is 0 Å². The third-order valence-electron chi connectivity index (χ3n) is 2.64. The van der Waals surface area contributed by atoms with Gasteiger partial charge in [0.15, 0.2) is 0 Å². The zero-order chi connectivity index (χ0) is 11.8. The summed E-state index contributed by atoms with van der Waals surface area (Å²) in [5.41, 5.74) is 8.51. The summed E-state index contributed by atoms with van der Waals surface area (Å²) in [6.45, 7) is 0. The van der Waals surface area contributed by atoms with E-state index in [9.17, 15) is 4.39 Å². The maximum Gasteiger partial charge on any atom is 0.127 e. The van der Waals surface area contributed by atoms with E-state index in [2.05, 4.69) is 4.98 Å². The van der Waals surface area contributed by atoms with Gasteiger partial charge >= 0.3 is 0 Å². The molecule has 0 atom stereocenters. The van der Waals surface area contributed by atoms with E-state index in [-0.39, 0.29) is 5.82 Å². The van der Waals surface area contributed by atoms with E-state index >= 15 is 0 Å². The summed E-state index contributed by atoms with van der Waals surface area (Å²) in [5.74, 6) is -0.349. The van der Waals surface area contributed by atoms with Gasteiger partial charge in [0.1, 0.15) is 12.1 Å². The molecule has 0 saturated heterocycles. The molecular formula is C13H10FN3. The summed E-state index contributed by atoms with van der Waals surface area (Å²) in [4.78, 5) is 4.25. The van der Waals surface area contributed by atoms with Crippen LogP contribution in [0.5, 0.6) is 0 Å². The van der Waals surface area contributed by atoms with Crippen LogP contribution < -0.4 is 5.73 Å². The maximum atomic E-state index is 13.3. The fourth-order valence-corrected chi connectivity index (χ4v) is 1.90. The molecule has 17 heavy (non-hydrogen) atoms. The Morgan fingerprint density at radius 1 is 1.12 bits per heavy atom. The summed E-state index contributed by atoms with van der Waals surface area (Å²) in [7, 11) is 0. The smallest absolute Gasteiger partial charge is 0.127 e. The van der Waals surface area contributed by atoms with Crippen LogP contribution in [-0.4, -0.2) is 9.55 Å². The highest BCUT2D eigenvalue weighted by molar-refractivity contribution is 5.77. The van der Waals surface area contributed by atoms with Crippen molar-refractivity contribution in [1.82, 2.24) is 9.55 Å². The summed E-state index contributed by atoms with van der Waals surface area (Å²) < 4.78 is 15.1. The van der Waals surface area contributed by atoms with Gasteiger partial charge in [0, 0.05) is 5.69 Å². The molecule has 0 bridgehead atoms. The van der Waals surface area contributed by atoms with Gasteiger partial charge in [0.05, 0.1) is 16.7 Å². The van der Waals surface area contributed by atoms with Gasteiger partial charge in [-0.2, -0.15) is 0 Å². The lowest BCUT2D eigenvalue weighted by Gasteiger charge is -2.05. The molecule has 0 fully saturated rings. The molecule has 2 N–H and O–H groups in total. The molecule has 0 aliphatic carbocycles. The fourth-order valence-electron chi connectivity index (χ4n) is 1.90. The predicted molar refractivity (Wildman–Crippen MR) is 65.4 cm³/mol. The minimum absolute atomic E-state index is 0.349. The lowest BCUT2D eigenvalue weighted by Crippen LogP contribution is -1.95. The van der Waals surface area contributed by atoms with Gasteiger partial charge in [-0.05, 0) is 30.3 Å². The minimum Gasteiger partial charge on any atom is -0.399 e. The van der Waals surface area contributed by atoms with Crippen molar-refractivity contribution >= 4 is 16.7 Å². The second-order valence-electron chi connectivity index (χ2n) is 3.85. The van der Waals surface area contributed by atoms with Crippen LogP contribution in [0.1, 0.15) is 0 Å². The molecule has 0 unspecified atom stereocenters. The molecule has 0 spiro atoms. The molecule has 0 radical (unpaired) electrons. The maximum absolute atomic E-state index is 13.3. The van der Waals surface area contributed by atoms with Crippen LogP contribution in [0.2, 0.25) is 0 Å². The highest BCUT2D eigenvalue weighted by atomic mass is 19.1. The highest BCUT2D eigenvalue weighted by Gasteiger charge is 2.05. The second-order valence-corrected chi connectivity index (χ2v) is 3.85. The number of rotatable bonds is 1. The van der Waals surface area contributed by atoms with Crippen LogP contribution in [0.15, 0.2) is 48.8 Å². The van der Waals surface area contributed by atoms with E-state index < -0.39 is 0 Å². The van der Waals surface area contributed by atoms with Gasteiger partial charge in [0.25, 0.3) is 0 Å². The van der Waals surface area contributed by atoms with E-state index in [1.807, 2.05) is 28.8 Å². The normalized spacial score (nSPS) is 10.9. The monoisotopic (exact) mass is 227 g/mol. The SMILES string of the molecule is Nc1cc(F)cc(-n2cnc3ccccc32)c1. The Bertz CT molecular complexity index is 668. The molecule has 3 nitrogen and oxygen atoms in total. The first-order valence-corrected chi connectivity index (χ1v) is 5.22. The van der Waals surface area contributed by atoms with Crippen molar-refractivity contribution in [3.8, 4) is 5.69 Å². The second kappa shape index (κ2) is 3.59. The number of nitrogens with zero attached hydrogens (tertiary/aromatic N) is 2. The zero-order valence-electron chi connectivity index (χ0n) is 8.97. The van der Waals surface area contributed by atoms with Crippen LogP contribution in [0.3, 0.4) is 0 Å². The Morgan fingerprint density at radius 2 is 1.94 bits per heavy atom. The van der Waals surface area contributed by atoms with Crippen molar-refractivity contribution < 1.29 is 4.39 Å². The standard InChI is InChI=1S/C13H10FN3/c14-9-5-10(15)7-11(6-9)17-8-16-12-3-1-2-4-13(12)17/h1-8H,15H2.